The second-order valence-corrected chi connectivity index (χ2v) is 5.85. The van der Waals surface area contributed by atoms with Crippen LogP contribution < -0.4 is 10.2 Å². The molecule has 5 nitrogen and oxygen atoms in total. The summed E-state index contributed by atoms with van der Waals surface area (Å²) in [6.45, 7) is 4.04. The maximum atomic E-state index is 12.3. The molecule has 0 saturated carbocycles. The van der Waals surface area contributed by atoms with Gasteiger partial charge in [-0.25, -0.2) is 4.79 Å². The molecule has 0 heterocycles. The summed E-state index contributed by atoms with van der Waals surface area (Å²) in [7, 11) is 0. The standard InChI is InChI=1S/C15H22N2O3S/c1-11-4-6-13(7-5-11)17(9-8-14(18)19)15(20)16-12(2)10-21-3/h4-7,12H,8-10H2,1-3H3,(H,16,20)(H,18,19). The van der Waals surface area contributed by atoms with Crippen molar-refractivity contribution in [2.24, 2.45) is 0 Å². The van der Waals surface area contributed by atoms with Gasteiger partial charge in [0, 0.05) is 24.0 Å². The maximum absolute atomic E-state index is 12.3. The van der Waals surface area contributed by atoms with Crippen LogP contribution in [0.3, 0.4) is 0 Å². The van der Waals surface area contributed by atoms with Crippen molar-refractivity contribution in [3.05, 3.63) is 29.8 Å². The third-order valence-corrected chi connectivity index (χ3v) is 3.76. The van der Waals surface area contributed by atoms with Gasteiger partial charge in [0.1, 0.15) is 0 Å². The molecule has 21 heavy (non-hydrogen) atoms. The number of hydrogen-bond acceptors (Lipinski definition) is 3. The number of thioether (sulfide) groups is 1. The van der Waals surface area contributed by atoms with Crippen molar-refractivity contribution in [1.82, 2.24) is 5.32 Å². The van der Waals surface area contributed by atoms with Gasteiger partial charge in [-0.15, -0.1) is 0 Å². The number of carboxylic acids is 1. The second-order valence-electron chi connectivity index (χ2n) is 4.94. The first-order valence-electron chi connectivity index (χ1n) is 6.79. The molecule has 0 spiro atoms. The Kier molecular flexibility index (Phi) is 7.08. The molecule has 1 unspecified atom stereocenters. The number of benzene rings is 1. The SMILES string of the molecule is CSCC(C)NC(=O)N(CCC(=O)O)c1ccc(C)cc1. The fourth-order valence-electron chi connectivity index (χ4n) is 1.86. The predicted octanol–water partition coefficient (Wildman–Crippen LogP) is 2.74. The summed E-state index contributed by atoms with van der Waals surface area (Å²) in [5, 5.41) is 11.7. The smallest absolute Gasteiger partial charge is 0.322 e. The van der Waals surface area contributed by atoms with Crippen molar-refractivity contribution >= 4 is 29.4 Å². The largest absolute Gasteiger partial charge is 0.481 e. The molecule has 0 aliphatic rings. The van der Waals surface area contributed by atoms with Crippen LogP contribution in [0.1, 0.15) is 18.9 Å². The van der Waals surface area contributed by atoms with E-state index in [0.29, 0.717) is 5.69 Å². The zero-order valence-electron chi connectivity index (χ0n) is 12.6. The van der Waals surface area contributed by atoms with Crippen LogP contribution in [0.5, 0.6) is 0 Å². The number of amides is 2. The molecule has 0 aliphatic carbocycles. The topological polar surface area (TPSA) is 69.6 Å². The van der Waals surface area contributed by atoms with Crippen LogP contribution in [0.15, 0.2) is 24.3 Å². The number of aryl methyl sites for hydroxylation is 1. The van der Waals surface area contributed by atoms with E-state index < -0.39 is 5.97 Å². The molecule has 0 saturated heterocycles. The lowest BCUT2D eigenvalue weighted by Crippen LogP contribution is -2.45. The average Bonchev–Trinajstić information content (AvgIpc) is 2.40. The maximum Gasteiger partial charge on any atom is 0.322 e. The number of carbonyl (C=O) groups is 2. The van der Waals surface area contributed by atoms with Gasteiger partial charge in [-0.3, -0.25) is 9.69 Å². The first-order chi connectivity index (χ1) is 9.93. The monoisotopic (exact) mass is 310 g/mol. The highest BCUT2D eigenvalue weighted by Gasteiger charge is 2.18. The lowest BCUT2D eigenvalue weighted by atomic mass is 10.2. The molecule has 2 N–H and O–H groups in total. The van der Waals surface area contributed by atoms with Gasteiger partial charge in [0.25, 0.3) is 0 Å². The summed E-state index contributed by atoms with van der Waals surface area (Å²) in [6, 6.07) is 7.24. The fourth-order valence-corrected chi connectivity index (χ4v) is 2.44. The Morgan fingerprint density at radius 1 is 1.33 bits per heavy atom. The molecule has 0 aromatic heterocycles. The molecule has 0 radical (unpaired) electrons. The molecule has 0 aliphatic heterocycles. The summed E-state index contributed by atoms with van der Waals surface area (Å²) in [5.41, 5.74) is 1.80. The Bertz CT molecular complexity index is 476. The molecule has 2 amide bonds. The summed E-state index contributed by atoms with van der Waals surface area (Å²) >= 11 is 1.65. The van der Waals surface area contributed by atoms with E-state index in [1.54, 1.807) is 11.8 Å². The number of urea groups is 1. The molecule has 1 atom stereocenters. The number of carbonyl (C=O) groups excluding carboxylic acids is 1. The Labute approximate surface area is 129 Å². The van der Waals surface area contributed by atoms with Crippen LogP contribution in [0.4, 0.5) is 10.5 Å². The van der Waals surface area contributed by atoms with Crippen LogP contribution in [0.25, 0.3) is 0 Å². The Balaban J connectivity index is 2.83. The minimum Gasteiger partial charge on any atom is -0.481 e. The lowest BCUT2D eigenvalue weighted by Gasteiger charge is -2.25. The van der Waals surface area contributed by atoms with Crippen molar-refractivity contribution < 1.29 is 14.7 Å². The van der Waals surface area contributed by atoms with Gasteiger partial charge in [-0.2, -0.15) is 11.8 Å². The van der Waals surface area contributed by atoms with E-state index in [0.717, 1.165) is 11.3 Å². The highest BCUT2D eigenvalue weighted by atomic mass is 32.2. The van der Waals surface area contributed by atoms with Crippen molar-refractivity contribution in [3.63, 3.8) is 0 Å². The Morgan fingerprint density at radius 3 is 2.48 bits per heavy atom. The van der Waals surface area contributed by atoms with Gasteiger partial charge in [0.05, 0.1) is 6.42 Å². The minimum absolute atomic E-state index is 0.0327. The Hall–Kier alpha value is -1.69. The number of hydrogen-bond donors (Lipinski definition) is 2. The molecule has 0 fully saturated rings. The molecule has 0 bridgehead atoms. The van der Waals surface area contributed by atoms with E-state index in [2.05, 4.69) is 5.32 Å². The molecular weight excluding hydrogens is 288 g/mol. The van der Waals surface area contributed by atoms with Gasteiger partial charge >= 0.3 is 12.0 Å². The molecular formula is C15H22N2O3S. The number of rotatable bonds is 7. The van der Waals surface area contributed by atoms with Crippen molar-refractivity contribution in [2.45, 2.75) is 26.3 Å². The third kappa shape index (κ3) is 6.08. The summed E-state index contributed by atoms with van der Waals surface area (Å²) in [5.74, 6) is -0.107. The predicted molar refractivity (Wildman–Crippen MR) is 87.2 cm³/mol. The van der Waals surface area contributed by atoms with Crippen LogP contribution >= 0.6 is 11.8 Å². The van der Waals surface area contributed by atoms with E-state index >= 15 is 0 Å². The van der Waals surface area contributed by atoms with Gasteiger partial charge in [0.2, 0.25) is 0 Å². The van der Waals surface area contributed by atoms with Gasteiger partial charge < -0.3 is 10.4 Å². The summed E-state index contributed by atoms with van der Waals surface area (Å²) < 4.78 is 0. The zero-order valence-corrected chi connectivity index (χ0v) is 13.4. The molecule has 1 rings (SSSR count). The van der Waals surface area contributed by atoms with E-state index in [1.807, 2.05) is 44.4 Å². The molecule has 6 heteroatoms. The van der Waals surface area contributed by atoms with Gasteiger partial charge in [-0.05, 0) is 32.2 Å². The number of carboxylic acid groups (broad SMARTS) is 1. The highest BCUT2D eigenvalue weighted by Crippen LogP contribution is 2.16. The van der Waals surface area contributed by atoms with Gasteiger partial charge in [-0.1, -0.05) is 17.7 Å². The summed E-state index contributed by atoms with van der Waals surface area (Å²) in [4.78, 5) is 24.6. The van der Waals surface area contributed by atoms with Crippen LogP contribution in [-0.2, 0) is 4.79 Å². The zero-order chi connectivity index (χ0) is 15.8. The second kappa shape index (κ2) is 8.56. The summed E-state index contributed by atoms with van der Waals surface area (Å²) in [6.07, 6.45) is 1.89. The quantitative estimate of drug-likeness (QED) is 0.812. The van der Waals surface area contributed by atoms with Crippen molar-refractivity contribution in [2.75, 3.05) is 23.5 Å². The van der Waals surface area contributed by atoms with E-state index in [-0.39, 0.29) is 25.0 Å². The van der Waals surface area contributed by atoms with Crippen LogP contribution in [0, 0.1) is 6.92 Å². The number of aliphatic carboxylic acids is 1. The number of nitrogens with one attached hydrogen (secondary N) is 1. The third-order valence-electron chi connectivity index (χ3n) is 2.93. The first kappa shape index (κ1) is 17.4. The molecule has 116 valence electrons. The van der Waals surface area contributed by atoms with Crippen molar-refractivity contribution in [1.29, 1.82) is 0 Å². The van der Waals surface area contributed by atoms with Crippen LogP contribution in [-0.4, -0.2) is 41.7 Å². The Morgan fingerprint density at radius 2 is 1.95 bits per heavy atom. The van der Waals surface area contributed by atoms with Crippen LogP contribution in [0.2, 0.25) is 0 Å². The number of nitrogens with zero attached hydrogens (tertiary/aromatic N) is 1. The van der Waals surface area contributed by atoms with E-state index in [1.165, 1.54) is 4.90 Å². The first-order valence-corrected chi connectivity index (χ1v) is 8.19. The average molecular weight is 310 g/mol. The molecule has 1 aromatic rings. The number of anilines is 1. The van der Waals surface area contributed by atoms with E-state index in [9.17, 15) is 9.59 Å². The van der Waals surface area contributed by atoms with Gasteiger partial charge in [0.15, 0.2) is 0 Å². The van der Waals surface area contributed by atoms with E-state index in [4.69, 9.17) is 5.11 Å². The molecule has 1 aromatic carbocycles. The van der Waals surface area contributed by atoms with Crippen molar-refractivity contribution in [3.8, 4) is 0 Å². The normalized spacial score (nSPS) is 11.8. The fraction of sp³-hybridized carbons (Fsp3) is 0.467. The minimum atomic E-state index is -0.919. The highest BCUT2D eigenvalue weighted by molar-refractivity contribution is 7.98. The lowest BCUT2D eigenvalue weighted by molar-refractivity contribution is -0.136.